The molecule has 2 heteroatoms. The van der Waals surface area contributed by atoms with Crippen LogP contribution in [0.4, 0.5) is 0 Å². The van der Waals surface area contributed by atoms with Crippen molar-refractivity contribution in [2.75, 3.05) is 25.8 Å². The molecular formula is C6H15OP. The summed E-state index contributed by atoms with van der Waals surface area (Å²) < 4.78 is 5.01. The molecule has 0 spiro atoms. The first-order valence-electron chi connectivity index (χ1n) is 3.06. The van der Waals surface area contributed by atoms with E-state index in [0.29, 0.717) is 0 Å². The Morgan fingerprint density at radius 3 is 1.88 bits per heavy atom. The first kappa shape index (κ1) is 8.39. The minimum atomic E-state index is 0.221. The van der Waals surface area contributed by atoms with Gasteiger partial charge in [0.2, 0.25) is 0 Å². The van der Waals surface area contributed by atoms with Gasteiger partial charge in [-0.25, -0.2) is 0 Å². The second-order valence-corrected chi connectivity index (χ2v) is 4.59. The lowest BCUT2D eigenvalue weighted by Crippen LogP contribution is -1.90. The Labute approximate surface area is 53.2 Å². The average molecular weight is 134 g/mol. The predicted molar refractivity (Wildman–Crippen MR) is 39.9 cm³/mol. The Hall–Kier alpha value is 0.390. The number of methoxy groups -OCH3 is 1. The fourth-order valence-electron chi connectivity index (χ4n) is 0.589. The van der Waals surface area contributed by atoms with Crippen LogP contribution in [-0.2, 0) is 4.74 Å². The topological polar surface area (TPSA) is 9.23 Å². The van der Waals surface area contributed by atoms with Crippen molar-refractivity contribution in [2.24, 2.45) is 0 Å². The third-order valence-corrected chi connectivity index (χ3v) is 3.62. The predicted octanol–water partition coefficient (Wildman–Crippen LogP) is 2.11. The van der Waals surface area contributed by atoms with Gasteiger partial charge in [0.15, 0.2) is 0 Å². The molecule has 0 N–H and O–H groups in total. The summed E-state index contributed by atoms with van der Waals surface area (Å²) in [5.74, 6) is 0. The maximum atomic E-state index is 5.01. The van der Waals surface area contributed by atoms with Gasteiger partial charge >= 0.3 is 0 Å². The lowest BCUT2D eigenvalue weighted by atomic mass is 11.0. The minimum Gasteiger partial charge on any atom is -0.380 e. The zero-order valence-electron chi connectivity index (χ0n) is 5.98. The van der Waals surface area contributed by atoms with Crippen LogP contribution in [0.25, 0.3) is 0 Å². The van der Waals surface area contributed by atoms with E-state index in [4.69, 9.17) is 4.74 Å². The van der Waals surface area contributed by atoms with E-state index < -0.39 is 0 Å². The third kappa shape index (κ3) is 3.40. The SMILES string of the molecule is CCP(CC)COC. The van der Waals surface area contributed by atoms with Crippen LogP contribution >= 0.6 is 7.92 Å². The molecule has 0 heterocycles. The van der Waals surface area contributed by atoms with Crippen LogP contribution in [0.5, 0.6) is 0 Å². The van der Waals surface area contributed by atoms with Crippen molar-refractivity contribution < 1.29 is 4.74 Å². The van der Waals surface area contributed by atoms with Crippen molar-refractivity contribution in [3.8, 4) is 0 Å². The summed E-state index contributed by atoms with van der Waals surface area (Å²) in [5, 5.41) is 0. The van der Waals surface area contributed by atoms with Gasteiger partial charge in [0, 0.05) is 7.11 Å². The molecule has 50 valence electrons. The lowest BCUT2D eigenvalue weighted by Gasteiger charge is -2.09. The molecule has 0 unspecified atom stereocenters. The van der Waals surface area contributed by atoms with Crippen molar-refractivity contribution in [3.63, 3.8) is 0 Å². The molecule has 0 aliphatic carbocycles. The van der Waals surface area contributed by atoms with E-state index in [0.717, 1.165) is 6.35 Å². The Morgan fingerprint density at radius 2 is 1.75 bits per heavy atom. The van der Waals surface area contributed by atoms with Crippen LogP contribution in [0.3, 0.4) is 0 Å². The summed E-state index contributed by atoms with van der Waals surface area (Å²) in [5.41, 5.74) is 0. The van der Waals surface area contributed by atoms with Gasteiger partial charge in [-0.3, -0.25) is 0 Å². The number of ether oxygens (including phenoxy) is 1. The first-order valence-corrected chi connectivity index (χ1v) is 4.96. The normalized spacial score (nSPS) is 10.5. The maximum Gasteiger partial charge on any atom is 0.0655 e. The van der Waals surface area contributed by atoms with Gasteiger partial charge in [-0.15, -0.1) is 0 Å². The van der Waals surface area contributed by atoms with Gasteiger partial charge < -0.3 is 4.74 Å². The first-order chi connectivity index (χ1) is 3.85. The third-order valence-electron chi connectivity index (χ3n) is 1.21. The largest absolute Gasteiger partial charge is 0.380 e. The molecular weight excluding hydrogens is 119 g/mol. The molecule has 1 nitrogen and oxygen atoms in total. The van der Waals surface area contributed by atoms with Gasteiger partial charge in [0.25, 0.3) is 0 Å². The fraction of sp³-hybridized carbons (Fsp3) is 1.00. The number of hydrogen-bond donors (Lipinski definition) is 0. The van der Waals surface area contributed by atoms with Crippen molar-refractivity contribution in [3.05, 3.63) is 0 Å². The van der Waals surface area contributed by atoms with Gasteiger partial charge in [-0.05, 0) is 12.3 Å². The molecule has 0 aromatic carbocycles. The summed E-state index contributed by atoms with van der Waals surface area (Å²) in [6.45, 7) is 4.46. The number of hydrogen-bond acceptors (Lipinski definition) is 1. The lowest BCUT2D eigenvalue weighted by molar-refractivity contribution is 0.255. The van der Waals surface area contributed by atoms with E-state index in [9.17, 15) is 0 Å². The highest BCUT2D eigenvalue weighted by atomic mass is 31.1. The molecule has 0 saturated heterocycles. The van der Waals surface area contributed by atoms with E-state index >= 15 is 0 Å². The van der Waals surface area contributed by atoms with Gasteiger partial charge in [-0.2, -0.15) is 0 Å². The monoisotopic (exact) mass is 134 g/mol. The fourth-order valence-corrected chi connectivity index (χ4v) is 1.77. The van der Waals surface area contributed by atoms with Crippen molar-refractivity contribution in [1.29, 1.82) is 0 Å². The van der Waals surface area contributed by atoms with E-state index in [-0.39, 0.29) is 7.92 Å². The van der Waals surface area contributed by atoms with Crippen LogP contribution in [0.2, 0.25) is 0 Å². The Bertz CT molecular complexity index is 43.8. The second-order valence-electron chi connectivity index (χ2n) is 1.72. The Morgan fingerprint density at radius 1 is 1.25 bits per heavy atom. The zero-order valence-corrected chi connectivity index (χ0v) is 6.87. The zero-order chi connectivity index (χ0) is 6.41. The molecule has 0 bridgehead atoms. The highest BCUT2D eigenvalue weighted by molar-refractivity contribution is 7.57. The molecule has 0 saturated carbocycles. The summed E-state index contributed by atoms with van der Waals surface area (Å²) in [6, 6.07) is 0. The molecule has 0 aromatic rings. The molecule has 0 aliphatic heterocycles. The summed E-state index contributed by atoms with van der Waals surface area (Å²) in [7, 11) is 2.00. The van der Waals surface area contributed by atoms with Crippen molar-refractivity contribution in [2.45, 2.75) is 13.8 Å². The Balaban J connectivity index is 3.07. The van der Waals surface area contributed by atoms with Crippen LogP contribution in [0, 0.1) is 0 Å². The molecule has 0 aromatic heterocycles. The van der Waals surface area contributed by atoms with Crippen LogP contribution in [0.15, 0.2) is 0 Å². The van der Waals surface area contributed by atoms with Crippen molar-refractivity contribution >= 4 is 7.92 Å². The minimum absolute atomic E-state index is 0.221. The van der Waals surface area contributed by atoms with E-state index in [1.54, 1.807) is 7.11 Å². The maximum absolute atomic E-state index is 5.01. The number of rotatable bonds is 4. The summed E-state index contributed by atoms with van der Waals surface area (Å²) in [4.78, 5) is 0. The van der Waals surface area contributed by atoms with Gasteiger partial charge in [0.1, 0.15) is 0 Å². The molecule has 0 aliphatic rings. The Kier molecular flexibility index (Phi) is 5.79. The molecule has 0 fully saturated rings. The van der Waals surface area contributed by atoms with E-state index in [1.807, 2.05) is 0 Å². The van der Waals surface area contributed by atoms with Crippen LogP contribution in [0.1, 0.15) is 13.8 Å². The smallest absolute Gasteiger partial charge is 0.0655 e. The molecule has 0 rings (SSSR count). The molecule has 0 amide bonds. The van der Waals surface area contributed by atoms with E-state index in [1.165, 1.54) is 12.3 Å². The van der Waals surface area contributed by atoms with Crippen LogP contribution in [-0.4, -0.2) is 25.8 Å². The average Bonchev–Trinajstić information content (AvgIpc) is 1.83. The van der Waals surface area contributed by atoms with Gasteiger partial charge in [-0.1, -0.05) is 21.8 Å². The highest BCUT2D eigenvalue weighted by Crippen LogP contribution is 2.33. The van der Waals surface area contributed by atoms with Gasteiger partial charge in [0.05, 0.1) is 6.35 Å². The molecule has 0 radical (unpaired) electrons. The summed E-state index contributed by atoms with van der Waals surface area (Å²) in [6.07, 6.45) is 3.60. The molecule has 8 heavy (non-hydrogen) atoms. The quantitative estimate of drug-likeness (QED) is 0.535. The second kappa shape index (κ2) is 5.53. The summed E-state index contributed by atoms with van der Waals surface area (Å²) >= 11 is 0. The van der Waals surface area contributed by atoms with E-state index in [2.05, 4.69) is 13.8 Å². The highest BCUT2D eigenvalue weighted by Gasteiger charge is 1.98. The standard InChI is InChI=1S/C6H15OP/c1-4-8(5-2)6-7-3/h4-6H2,1-3H3. The van der Waals surface area contributed by atoms with Crippen molar-refractivity contribution in [1.82, 2.24) is 0 Å². The van der Waals surface area contributed by atoms with Crippen LogP contribution < -0.4 is 0 Å². The molecule has 0 atom stereocenters.